The molecule has 1 amide bonds. The smallest absolute Gasteiger partial charge is 0.272 e. The number of carbonyl (C=O) groups excluding carboxylic acids is 1. The average Bonchev–Trinajstić information content (AvgIpc) is 3.11. The Bertz CT molecular complexity index is 706. The summed E-state index contributed by atoms with van der Waals surface area (Å²) in [5.41, 5.74) is 6.42. The first-order chi connectivity index (χ1) is 11.2. The maximum absolute atomic E-state index is 11.9. The molecule has 0 atom stereocenters. The second-order valence-electron chi connectivity index (χ2n) is 5.68. The van der Waals surface area contributed by atoms with Crippen molar-refractivity contribution >= 4 is 17.8 Å². The number of hydrazone groups is 1. The van der Waals surface area contributed by atoms with Crippen LogP contribution in [0.3, 0.4) is 0 Å². The van der Waals surface area contributed by atoms with Gasteiger partial charge in [0.1, 0.15) is 0 Å². The van der Waals surface area contributed by atoms with Crippen LogP contribution in [0.4, 0.5) is 5.69 Å². The van der Waals surface area contributed by atoms with Gasteiger partial charge in [-0.3, -0.25) is 9.78 Å². The van der Waals surface area contributed by atoms with Crippen LogP contribution in [0.15, 0.2) is 47.8 Å². The number of aryl methyl sites for hydroxylation is 1. The third-order valence-corrected chi connectivity index (χ3v) is 4.02. The molecule has 1 saturated heterocycles. The van der Waals surface area contributed by atoms with Crippen molar-refractivity contribution in [3.63, 3.8) is 0 Å². The zero-order valence-electron chi connectivity index (χ0n) is 13.2. The average molecular weight is 308 g/mol. The van der Waals surface area contributed by atoms with E-state index in [-0.39, 0.29) is 5.91 Å². The molecule has 0 saturated carbocycles. The summed E-state index contributed by atoms with van der Waals surface area (Å²) in [6, 6.07) is 9.76. The molecule has 1 aromatic heterocycles. The number of rotatable bonds is 4. The van der Waals surface area contributed by atoms with Crippen LogP contribution in [-0.2, 0) is 0 Å². The number of nitrogens with zero attached hydrogens (tertiary/aromatic N) is 3. The zero-order valence-corrected chi connectivity index (χ0v) is 13.2. The lowest BCUT2D eigenvalue weighted by molar-refractivity contribution is 0.0955. The monoisotopic (exact) mass is 308 g/mol. The van der Waals surface area contributed by atoms with E-state index in [0.29, 0.717) is 5.56 Å². The Balaban J connectivity index is 1.64. The van der Waals surface area contributed by atoms with E-state index in [4.69, 9.17) is 0 Å². The molecule has 1 aliphatic heterocycles. The molecule has 0 aliphatic carbocycles. The maximum Gasteiger partial charge on any atom is 0.272 e. The third-order valence-electron chi connectivity index (χ3n) is 4.02. The molecule has 0 spiro atoms. The van der Waals surface area contributed by atoms with Crippen molar-refractivity contribution < 1.29 is 4.79 Å². The first-order valence-electron chi connectivity index (χ1n) is 7.83. The molecule has 118 valence electrons. The minimum atomic E-state index is -0.263. The molecule has 1 fully saturated rings. The predicted molar refractivity (Wildman–Crippen MR) is 91.9 cm³/mol. The molecule has 23 heavy (non-hydrogen) atoms. The van der Waals surface area contributed by atoms with Gasteiger partial charge in [0.2, 0.25) is 0 Å². The quantitative estimate of drug-likeness (QED) is 0.698. The van der Waals surface area contributed by atoms with Gasteiger partial charge in [-0.25, -0.2) is 5.43 Å². The molecule has 0 unspecified atom stereocenters. The van der Waals surface area contributed by atoms with E-state index in [2.05, 4.69) is 39.5 Å². The van der Waals surface area contributed by atoms with Crippen LogP contribution in [0.5, 0.6) is 0 Å². The molecule has 5 nitrogen and oxygen atoms in total. The maximum atomic E-state index is 11.9. The van der Waals surface area contributed by atoms with Crippen molar-refractivity contribution in [2.75, 3.05) is 18.0 Å². The lowest BCUT2D eigenvalue weighted by Crippen LogP contribution is -2.18. The van der Waals surface area contributed by atoms with Crippen LogP contribution in [0.2, 0.25) is 0 Å². The van der Waals surface area contributed by atoms with Crippen LogP contribution in [-0.4, -0.2) is 30.2 Å². The van der Waals surface area contributed by atoms with Gasteiger partial charge < -0.3 is 4.90 Å². The van der Waals surface area contributed by atoms with Crippen LogP contribution in [0.25, 0.3) is 0 Å². The summed E-state index contributed by atoms with van der Waals surface area (Å²) in [4.78, 5) is 18.2. The lowest BCUT2D eigenvalue weighted by atomic mass is 10.1. The molecule has 1 aliphatic rings. The molecule has 2 aromatic rings. The van der Waals surface area contributed by atoms with Crippen LogP contribution >= 0.6 is 0 Å². The fourth-order valence-corrected chi connectivity index (χ4v) is 2.70. The molecular formula is C18H20N4O. The highest BCUT2D eigenvalue weighted by Gasteiger charge is 2.12. The fourth-order valence-electron chi connectivity index (χ4n) is 2.70. The second-order valence-corrected chi connectivity index (χ2v) is 5.68. The summed E-state index contributed by atoms with van der Waals surface area (Å²) >= 11 is 0. The van der Waals surface area contributed by atoms with Gasteiger partial charge in [-0.1, -0.05) is 6.07 Å². The molecule has 3 rings (SSSR count). The minimum Gasteiger partial charge on any atom is -0.372 e. The lowest BCUT2D eigenvalue weighted by Gasteiger charge is -2.18. The number of amides is 1. The Morgan fingerprint density at radius 2 is 2.13 bits per heavy atom. The van der Waals surface area contributed by atoms with Crippen LogP contribution in [0.1, 0.15) is 34.3 Å². The number of hydrogen-bond donors (Lipinski definition) is 1. The van der Waals surface area contributed by atoms with E-state index in [1.165, 1.54) is 24.7 Å². The highest BCUT2D eigenvalue weighted by molar-refractivity contribution is 5.94. The van der Waals surface area contributed by atoms with Gasteiger partial charge in [-0.05, 0) is 55.2 Å². The Kier molecular flexibility index (Phi) is 4.66. The molecule has 5 heteroatoms. The van der Waals surface area contributed by atoms with Crippen molar-refractivity contribution in [3.8, 4) is 0 Å². The number of hydrogen-bond acceptors (Lipinski definition) is 4. The largest absolute Gasteiger partial charge is 0.372 e. The zero-order chi connectivity index (χ0) is 16.1. The fraction of sp³-hybridized carbons (Fsp3) is 0.278. The summed E-state index contributed by atoms with van der Waals surface area (Å²) in [5, 5.41) is 4.04. The topological polar surface area (TPSA) is 57.6 Å². The molecule has 2 heterocycles. The van der Waals surface area contributed by atoms with Gasteiger partial charge >= 0.3 is 0 Å². The number of benzene rings is 1. The van der Waals surface area contributed by atoms with Crippen molar-refractivity contribution in [1.29, 1.82) is 0 Å². The summed E-state index contributed by atoms with van der Waals surface area (Å²) < 4.78 is 0. The predicted octanol–water partition coefficient (Wildman–Crippen LogP) is 2.75. The number of nitrogens with one attached hydrogen (secondary N) is 1. The summed E-state index contributed by atoms with van der Waals surface area (Å²) in [7, 11) is 0. The van der Waals surface area contributed by atoms with Gasteiger partial charge in [0.25, 0.3) is 5.91 Å². The summed E-state index contributed by atoms with van der Waals surface area (Å²) in [5.74, 6) is -0.263. The molecule has 0 radical (unpaired) electrons. The second kappa shape index (κ2) is 7.05. The molecule has 1 N–H and O–H groups in total. The summed E-state index contributed by atoms with van der Waals surface area (Å²) in [6.07, 6.45) is 7.36. The Morgan fingerprint density at radius 1 is 1.30 bits per heavy atom. The van der Waals surface area contributed by atoms with E-state index in [1.807, 2.05) is 6.07 Å². The van der Waals surface area contributed by atoms with Gasteiger partial charge in [-0.15, -0.1) is 0 Å². The first kappa shape index (κ1) is 15.2. The molecule has 0 bridgehead atoms. The van der Waals surface area contributed by atoms with Gasteiger partial charge in [-0.2, -0.15) is 5.10 Å². The van der Waals surface area contributed by atoms with E-state index in [1.54, 1.807) is 24.5 Å². The van der Waals surface area contributed by atoms with Gasteiger partial charge in [0.05, 0.1) is 11.8 Å². The van der Waals surface area contributed by atoms with E-state index in [9.17, 15) is 4.79 Å². The Labute approximate surface area is 136 Å². The standard InChI is InChI=1S/C18H20N4O/c1-14-11-17(22-9-2-3-10-22)7-6-15(14)13-20-21-18(23)16-5-4-8-19-12-16/h4-8,11-13H,2-3,9-10H2,1H3,(H,21,23)/b20-13+. The number of aromatic nitrogens is 1. The molecular weight excluding hydrogens is 288 g/mol. The first-order valence-corrected chi connectivity index (χ1v) is 7.83. The highest BCUT2D eigenvalue weighted by atomic mass is 16.2. The van der Waals surface area contributed by atoms with Gasteiger partial charge in [0, 0.05) is 31.2 Å². The number of anilines is 1. The summed E-state index contributed by atoms with van der Waals surface area (Å²) in [6.45, 7) is 4.33. The normalized spacial score (nSPS) is 14.4. The third kappa shape index (κ3) is 3.74. The molecule has 1 aromatic carbocycles. The van der Waals surface area contributed by atoms with E-state index in [0.717, 1.165) is 24.2 Å². The number of pyridine rings is 1. The minimum absolute atomic E-state index is 0.263. The van der Waals surface area contributed by atoms with Crippen LogP contribution in [0, 0.1) is 6.92 Å². The van der Waals surface area contributed by atoms with Crippen molar-refractivity contribution in [3.05, 3.63) is 59.4 Å². The Morgan fingerprint density at radius 3 is 2.83 bits per heavy atom. The van der Waals surface area contributed by atoms with Crippen molar-refractivity contribution in [2.24, 2.45) is 5.10 Å². The SMILES string of the molecule is Cc1cc(N2CCCC2)ccc1/C=N/NC(=O)c1cccnc1. The van der Waals surface area contributed by atoms with Crippen LogP contribution < -0.4 is 10.3 Å². The number of carbonyl (C=O) groups is 1. The van der Waals surface area contributed by atoms with E-state index >= 15 is 0 Å². The van der Waals surface area contributed by atoms with Gasteiger partial charge in [0.15, 0.2) is 0 Å². The highest BCUT2D eigenvalue weighted by Crippen LogP contribution is 2.22. The van der Waals surface area contributed by atoms with E-state index < -0.39 is 0 Å². The van der Waals surface area contributed by atoms with Crippen molar-refractivity contribution in [2.45, 2.75) is 19.8 Å². The van der Waals surface area contributed by atoms with Crippen molar-refractivity contribution in [1.82, 2.24) is 10.4 Å². The Hall–Kier alpha value is -2.69.